The number of nitrogens with one attached hydrogen (secondary N) is 2. The second kappa shape index (κ2) is 12.6. The highest BCUT2D eigenvalue weighted by atomic mass is 32.1. The third-order valence-corrected chi connectivity index (χ3v) is 7.36. The van der Waals surface area contributed by atoms with Crippen molar-refractivity contribution in [1.82, 2.24) is 9.88 Å². The van der Waals surface area contributed by atoms with Crippen LogP contribution in [0.3, 0.4) is 0 Å². The Morgan fingerprint density at radius 2 is 1.90 bits per heavy atom. The Bertz CT molecular complexity index is 1450. The molecule has 41 heavy (non-hydrogen) atoms. The van der Waals surface area contributed by atoms with Crippen molar-refractivity contribution in [3.63, 3.8) is 0 Å². The number of carbonyl (C=O) groups excluding carboxylic acids is 2. The molecule has 14 heteroatoms. The van der Waals surface area contributed by atoms with Gasteiger partial charge in [0.2, 0.25) is 0 Å². The molecule has 4 rings (SSSR count). The zero-order valence-electron chi connectivity index (χ0n) is 22.4. The molecule has 218 valence electrons. The first-order valence-corrected chi connectivity index (χ1v) is 13.4. The lowest BCUT2D eigenvalue weighted by Gasteiger charge is -2.19. The van der Waals surface area contributed by atoms with Gasteiger partial charge in [-0.05, 0) is 74.3 Å². The van der Waals surface area contributed by atoms with Crippen molar-refractivity contribution in [2.75, 3.05) is 35.8 Å². The molecule has 1 aromatic heterocycles. The lowest BCUT2D eigenvalue weighted by atomic mass is 10.1. The van der Waals surface area contributed by atoms with E-state index in [1.54, 1.807) is 25.1 Å². The Hall–Kier alpha value is -4.14. The molecule has 0 spiro atoms. The molecular formula is C27H30F3N7O3S. The maximum Gasteiger partial charge on any atom is 0.416 e. The van der Waals surface area contributed by atoms with Crippen LogP contribution in [0.15, 0.2) is 48.8 Å². The molecule has 2 aromatic carbocycles. The number of hydrazine groups is 1. The number of anilines is 3. The largest absolute Gasteiger partial charge is 0.453 e. The number of hydrogen-bond acceptors (Lipinski definition) is 9. The minimum Gasteiger partial charge on any atom is -0.453 e. The predicted octanol–water partition coefficient (Wildman–Crippen LogP) is 5.13. The van der Waals surface area contributed by atoms with E-state index in [0.717, 1.165) is 55.0 Å². The Kier molecular flexibility index (Phi) is 9.15. The highest BCUT2D eigenvalue weighted by molar-refractivity contribution is 7.16. The fraction of sp³-hybridized carbons (Fsp3) is 0.296. The highest BCUT2D eigenvalue weighted by Crippen LogP contribution is 2.33. The van der Waals surface area contributed by atoms with Crippen molar-refractivity contribution in [3.05, 3.63) is 75.9 Å². The number of aryl methyl sites for hydroxylation is 1. The van der Waals surface area contributed by atoms with Crippen molar-refractivity contribution in [3.8, 4) is 0 Å². The fourth-order valence-corrected chi connectivity index (χ4v) is 5.06. The van der Waals surface area contributed by atoms with E-state index >= 15 is 0 Å². The number of thiazole rings is 1. The van der Waals surface area contributed by atoms with Gasteiger partial charge in [-0.1, -0.05) is 17.4 Å². The molecule has 1 aliphatic heterocycles. The van der Waals surface area contributed by atoms with E-state index < -0.39 is 23.7 Å². The molecule has 0 bridgehead atoms. The van der Waals surface area contributed by atoms with Crippen molar-refractivity contribution in [1.29, 1.82) is 0 Å². The summed E-state index contributed by atoms with van der Waals surface area (Å²) in [4.78, 5) is 31.2. The molecule has 0 radical (unpaired) electrons. The van der Waals surface area contributed by atoms with Crippen LogP contribution in [0, 0.1) is 6.92 Å². The number of likely N-dealkylation sites (tertiary alicyclic amines) is 1. The summed E-state index contributed by atoms with van der Waals surface area (Å²) >= 11 is 1.10. The number of ether oxygens (including phenoxy) is 1. The summed E-state index contributed by atoms with van der Waals surface area (Å²) in [6, 6.07) is 8.36. The highest BCUT2D eigenvalue weighted by Gasteiger charge is 2.31. The summed E-state index contributed by atoms with van der Waals surface area (Å²) in [6.45, 7) is 3.81. The third-order valence-electron chi connectivity index (χ3n) is 6.40. The zero-order chi connectivity index (χ0) is 29.7. The van der Waals surface area contributed by atoms with E-state index in [1.165, 1.54) is 30.6 Å². The van der Waals surface area contributed by atoms with Gasteiger partial charge in [-0.3, -0.25) is 20.0 Å². The van der Waals surface area contributed by atoms with Gasteiger partial charge in [-0.15, -0.1) is 0 Å². The van der Waals surface area contributed by atoms with Gasteiger partial charge in [0.15, 0.2) is 5.13 Å². The minimum atomic E-state index is -4.56. The predicted molar refractivity (Wildman–Crippen MR) is 152 cm³/mol. The summed E-state index contributed by atoms with van der Waals surface area (Å²) in [5.74, 6) is 5.65. The lowest BCUT2D eigenvalue weighted by molar-refractivity contribution is -0.137. The molecule has 1 fully saturated rings. The smallest absolute Gasteiger partial charge is 0.416 e. The van der Waals surface area contributed by atoms with Crippen molar-refractivity contribution < 1.29 is 27.5 Å². The molecule has 3 aromatic rings. The average Bonchev–Trinajstić information content (AvgIpc) is 3.60. The number of amides is 2. The first kappa shape index (κ1) is 29.8. The first-order valence-electron chi connectivity index (χ1n) is 12.6. The van der Waals surface area contributed by atoms with E-state index in [-0.39, 0.29) is 22.1 Å². The van der Waals surface area contributed by atoms with Crippen molar-refractivity contribution in [2.45, 2.75) is 32.5 Å². The maximum atomic E-state index is 13.6. The average molecular weight is 590 g/mol. The SMILES string of the molecule is COC(=O)Nc1ncc(/C(N)=C/N(N)c2cc(C(=O)Nc3cc(CN4CCCC4)cc(C(F)(F)F)c3)ccc2C)s1. The van der Waals surface area contributed by atoms with Crippen LogP contribution in [0.25, 0.3) is 5.70 Å². The first-order chi connectivity index (χ1) is 19.4. The molecule has 0 atom stereocenters. The topological polar surface area (TPSA) is 139 Å². The second-order valence-electron chi connectivity index (χ2n) is 9.49. The number of benzene rings is 2. The van der Waals surface area contributed by atoms with Gasteiger partial charge in [0.05, 0.1) is 28.9 Å². The molecule has 0 aliphatic carbocycles. The van der Waals surface area contributed by atoms with Crippen LogP contribution in [0.4, 0.5) is 34.5 Å². The number of nitrogens with zero attached hydrogens (tertiary/aromatic N) is 3. The van der Waals surface area contributed by atoms with Crippen LogP contribution in [0.2, 0.25) is 0 Å². The zero-order valence-corrected chi connectivity index (χ0v) is 23.2. The van der Waals surface area contributed by atoms with E-state index in [9.17, 15) is 22.8 Å². The number of hydrogen-bond donors (Lipinski definition) is 4. The fourth-order valence-electron chi connectivity index (χ4n) is 4.34. The van der Waals surface area contributed by atoms with Gasteiger partial charge < -0.3 is 15.8 Å². The van der Waals surface area contributed by atoms with Gasteiger partial charge in [0.25, 0.3) is 5.91 Å². The molecule has 10 nitrogen and oxygen atoms in total. The quantitative estimate of drug-likeness (QED) is 0.209. The standard InChI is InChI=1S/C27H30F3N7O3S/c1-16-5-6-18(11-22(16)37(32)15-21(31)23-13-33-25(41-23)35-26(39)40-2)24(38)34-20-10-17(14-36-7-3-4-8-36)9-19(12-20)27(28,29)30/h5-6,9-13,15H,3-4,7-8,14,31-32H2,1-2H3,(H,34,38)(H,33,35,39)/b21-15-. The number of aromatic nitrogens is 1. The van der Waals surface area contributed by atoms with E-state index in [0.29, 0.717) is 22.7 Å². The molecule has 0 saturated carbocycles. The third kappa shape index (κ3) is 7.74. The molecule has 2 amide bonds. The summed E-state index contributed by atoms with van der Waals surface area (Å²) < 4.78 is 45.4. The van der Waals surface area contributed by atoms with Crippen LogP contribution < -0.4 is 27.2 Å². The van der Waals surface area contributed by atoms with E-state index in [1.807, 2.05) is 0 Å². The Labute approximate surface area is 238 Å². The molecule has 0 unspecified atom stereocenters. The number of halogens is 3. The van der Waals surface area contributed by atoms with Crippen LogP contribution in [-0.4, -0.2) is 42.1 Å². The number of carbonyl (C=O) groups is 2. The van der Waals surface area contributed by atoms with Gasteiger partial charge in [-0.25, -0.2) is 15.6 Å². The molecular weight excluding hydrogens is 559 g/mol. The van der Waals surface area contributed by atoms with Gasteiger partial charge in [0, 0.05) is 30.2 Å². The normalized spacial score (nSPS) is 14.1. The second-order valence-corrected chi connectivity index (χ2v) is 10.5. The van der Waals surface area contributed by atoms with E-state index in [2.05, 4.69) is 25.3 Å². The van der Waals surface area contributed by atoms with E-state index in [4.69, 9.17) is 11.6 Å². The minimum absolute atomic E-state index is 0.0523. The summed E-state index contributed by atoms with van der Waals surface area (Å²) in [5, 5.41) is 6.55. The Morgan fingerprint density at radius 3 is 2.59 bits per heavy atom. The van der Waals surface area contributed by atoms with Crippen LogP contribution in [0.1, 0.15) is 44.8 Å². The van der Waals surface area contributed by atoms with Gasteiger partial charge >= 0.3 is 12.3 Å². The molecule has 2 heterocycles. The number of methoxy groups -OCH3 is 1. The van der Waals surface area contributed by atoms with Gasteiger partial charge in [-0.2, -0.15) is 13.2 Å². The summed E-state index contributed by atoms with van der Waals surface area (Å²) in [6.07, 6.45) is -0.328. The van der Waals surface area contributed by atoms with Crippen LogP contribution in [-0.2, 0) is 17.5 Å². The summed E-state index contributed by atoms with van der Waals surface area (Å²) in [5.41, 5.74) is 7.47. The lowest BCUT2D eigenvalue weighted by Crippen LogP contribution is -2.27. The Balaban J connectivity index is 1.53. The van der Waals surface area contributed by atoms with Crippen LogP contribution in [0.5, 0.6) is 0 Å². The molecule has 6 N–H and O–H groups in total. The number of alkyl halides is 3. The maximum absolute atomic E-state index is 13.6. The van der Waals surface area contributed by atoms with Crippen molar-refractivity contribution >= 4 is 45.5 Å². The molecule has 1 aliphatic rings. The summed E-state index contributed by atoms with van der Waals surface area (Å²) in [7, 11) is 1.23. The number of nitrogens with two attached hydrogens (primary N) is 2. The van der Waals surface area contributed by atoms with Crippen LogP contribution >= 0.6 is 11.3 Å². The number of rotatable bonds is 8. The van der Waals surface area contributed by atoms with Crippen molar-refractivity contribution in [2.24, 2.45) is 11.6 Å². The molecule has 1 saturated heterocycles. The monoisotopic (exact) mass is 589 g/mol. The Morgan fingerprint density at radius 1 is 1.17 bits per heavy atom. The van der Waals surface area contributed by atoms with Gasteiger partial charge in [0.1, 0.15) is 0 Å².